The minimum atomic E-state index is -0.352. The molecule has 0 aliphatic rings. The van der Waals surface area contributed by atoms with Gasteiger partial charge in [-0.15, -0.1) is 12.3 Å². The van der Waals surface area contributed by atoms with E-state index >= 15 is 0 Å². The third-order valence-corrected chi connectivity index (χ3v) is 2.71. The van der Waals surface area contributed by atoms with Crippen LogP contribution in [0.25, 0.3) is 10.8 Å². The second-order valence-electron chi connectivity index (χ2n) is 4.23. The first-order valence-electron chi connectivity index (χ1n) is 5.85. The lowest BCUT2D eigenvalue weighted by atomic mass is 10.1. The van der Waals surface area contributed by atoms with E-state index < -0.39 is 0 Å². The largest absolute Gasteiger partial charge is 0.347 e. The number of carbonyl (C=O) groups is 1. The molecule has 96 valence electrons. The molecule has 0 bridgehead atoms. The molecule has 0 fully saturated rings. The Balaban J connectivity index is 2.41. The summed E-state index contributed by atoms with van der Waals surface area (Å²) in [4.78, 5) is 23.7. The Morgan fingerprint density at radius 3 is 2.84 bits per heavy atom. The van der Waals surface area contributed by atoms with E-state index in [1.54, 1.807) is 24.3 Å². The topological polar surface area (TPSA) is 74.8 Å². The summed E-state index contributed by atoms with van der Waals surface area (Å²) >= 11 is 0. The number of H-pyrrole nitrogens is 1. The summed E-state index contributed by atoms with van der Waals surface area (Å²) in [5.41, 5.74) is -0.122. The highest BCUT2D eigenvalue weighted by atomic mass is 16.2. The van der Waals surface area contributed by atoms with Crippen molar-refractivity contribution in [1.82, 2.24) is 15.5 Å². The van der Waals surface area contributed by atoms with Gasteiger partial charge in [-0.3, -0.25) is 9.59 Å². The van der Waals surface area contributed by atoms with Crippen molar-refractivity contribution in [3.05, 3.63) is 40.3 Å². The summed E-state index contributed by atoms with van der Waals surface area (Å²) in [6, 6.07) is 6.69. The number of hydrogen-bond acceptors (Lipinski definition) is 3. The molecule has 0 aliphatic carbocycles. The van der Waals surface area contributed by atoms with Crippen LogP contribution in [0.1, 0.15) is 23.8 Å². The number of terminal acetylenes is 1. The minimum Gasteiger partial charge on any atom is -0.347 e. The van der Waals surface area contributed by atoms with Crippen molar-refractivity contribution in [2.75, 3.05) is 0 Å². The molecule has 1 unspecified atom stereocenters. The summed E-state index contributed by atoms with van der Waals surface area (Å²) < 4.78 is 0. The zero-order valence-electron chi connectivity index (χ0n) is 10.4. The van der Waals surface area contributed by atoms with Crippen LogP contribution in [0.15, 0.2) is 29.1 Å². The van der Waals surface area contributed by atoms with E-state index in [0.29, 0.717) is 17.2 Å². The molecule has 5 heteroatoms. The van der Waals surface area contributed by atoms with Crippen LogP contribution < -0.4 is 10.9 Å². The van der Waals surface area contributed by atoms with Crippen LogP contribution in [0.5, 0.6) is 0 Å². The van der Waals surface area contributed by atoms with Gasteiger partial charge < -0.3 is 5.32 Å². The molecule has 0 spiro atoms. The Kier molecular flexibility index (Phi) is 3.62. The average Bonchev–Trinajstić information content (AvgIpc) is 2.39. The Bertz CT molecular complexity index is 712. The molecule has 0 saturated carbocycles. The first kappa shape index (κ1) is 12.8. The highest BCUT2D eigenvalue weighted by molar-refractivity contribution is 6.04. The fraction of sp³-hybridized carbons (Fsp3) is 0.214. The van der Waals surface area contributed by atoms with E-state index in [4.69, 9.17) is 6.42 Å². The fourth-order valence-electron chi connectivity index (χ4n) is 1.81. The van der Waals surface area contributed by atoms with Crippen LogP contribution in [0.4, 0.5) is 0 Å². The lowest BCUT2D eigenvalue weighted by Crippen LogP contribution is -2.33. The predicted molar refractivity (Wildman–Crippen MR) is 72.7 cm³/mol. The van der Waals surface area contributed by atoms with Gasteiger partial charge in [-0.1, -0.05) is 18.2 Å². The van der Waals surface area contributed by atoms with Crippen molar-refractivity contribution >= 4 is 16.7 Å². The first-order valence-corrected chi connectivity index (χ1v) is 5.85. The molecule has 1 aromatic heterocycles. The van der Waals surface area contributed by atoms with Crippen molar-refractivity contribution in [2.24, 2.45) is 0 Å². The van der Waals surface area contributed by atoms with Crippen molar-refractivity contribution in [2.45, 2.75) is 19.4 Å². The molecule has 1 amide bonds. The number of rotatable bonds is 3. The number of carbonyl (C=O) groups excluding carboxylic acids is 1. The molecule has 1 aromatic carbocycles. The van der Waals surface area contributed by atoms with Gasteiger partial charge in [0.05, 0.1) is 5.39 Å². The smallest absolute Gasteiger partial charge is 0.272 e. The molecular formula is C14H13N3O2. The minimum absolute atomic E-state index is 0.148. The molecule has 0 radical (unpaired) electrons. The van der Waals surface area contributed by atoms with Crippen LogP contribution in [-0.2, 0) is 0 Å². The number of benzene rings is 1. The molecule has 0 saturated heterocycles. The quantitative estimate of drug-likeness (QED) is 0.805. The normalized spacial score (nSPS) is 11.8. The average molecular weight is 255 g/mol. The summed E-state index contributed by atoms with van der Waals surface area (Å²) in [6.07, 6.45) is 5.63. The lowest BCUT2D eigenvalue weighted by molar-refractivity contribution is 0.0936. The summed E-state index contributed by atoms with van der Waals surface area (Å²) in [5, 5.41) is 9.85. The molecule has 1 heterocycles. The molecule has 2 aromatic rings. The van der Waals surface area contributed by atoms with Gasteiger partial charge in [0.1, 0.15) is 0 Å². The number of nitrogens with zero attached hydrogens (tertiary/aromatic N) is 1. The van der Waals surface area contributed by atoms with Gasteiger partial charge in [-0.2, -0.15) is 5.10 Å². The Morgan fingerprint density at radius 2 is 2.16 bits per heavy atom. The lowest BCUT2D eigenvalue weighted by Gasteiger charge is -2.11. The third kappa shape index (κ3) is 2.63. The number of aromatic nitrogens is 2. The summed E-state index contributed by atoms with van der Waals surface area (Å²) in [6.45, 7) is 1.81. The van der Waals surface area contributed by atoms with Crippen molar-refractivity contribution < 1.29 is 4.79 Å². The van der Waals surface area contributed by atoms with Crippen LogP contribution in [0.3, 0.4) is 0 Å². The van der Waals surface area contributed by atoms with Crippen LogP contribution in [0.2, 0.25) is 0 Å². The Hall–Kier alpha value is -2.61. The molecular weight excluding hydrogens is 242 g/mol. The van der Waals surface area contributed by atoms with Gasteiger partial charge in [0.2, 0.25) is 0 Å². The van der Waals surface area contributed by atoms with Crippen molar-refractivity contribution in [3.8, 4) is 12.3 Å². The van der Waals surface area contributed by atoms with Crippen LogP contribution in [0, 0.1) is 12.3 Å². The summed E-state index contributed by atoms with van der Waals surface area (Å²) in [5.74, 6) is 2.13. The standard InChI is InChI=1S/C14H13N3O2/c1-3-6-9(2)15-14(19)12-10-7-4-5-8-11(10)13(18)17-16-12/h1,4-5,7-9H,6H2,2H3,(H,15,19)(H,17,18). The maximum atomic E-state index is 12.1. The maximum absolute atomic E-state index is 12.1. The van der Waals surface area contributed by atoms with E-state index in [1.807, 2.05) is 6.92 Å². The number of hydrogen-bond donors (Lipinski definition) is 2. The van der Waals surface area contributed by atoms with E-state index in [9.17, 15) is 9.59 Å². The van der Waals surface area contributed by atoms with Gasteiger partial charge in [0, 0.05) is 17.8 Å². The van der Waals surface area contributed by atoms with E-state index in [1.165, 1.54) is 0 Å². The second-order valence-corrected chi connectivity index (χ2v) is 4.23. The molecule has 2 N–H and O–H groups in total. The van der Waals surface area contributed by atoms with Gasteiger partial charge in [0.15, 0.2) is 5.69 Å². The van der Waals surface area contributed by atoms with E-state index in [2.05, 4.69) is 21.4 Å². The van der Waals surface area contributed by atoms with E-state index in [-0.39, 0.29) is 23.2 Å². The van der Waals surface area contributed by atoms with Gasteiger partial charge in [-0.25, -0.2) is 5.10 Å². The second kappa shape index (κ2) is 5.36. The monoisotopic (exact) mass is 255 g/mol. The van der Waals surface area contributed by atoms with Crippen LogP contribution >= 0.6 is 0 Å². The number of fused-ring (bicyclic) bond motifs is 1. The van der Waals surface area contributed by atoms with Crippen LogP contribution in [-0.4, -0.2) is 22.1 Å². The van der Waals surface area contributed by atoms with Crippen molar-refractivity contribution in [1.29, 1.82) is 0 Å². The molecule has 1 atom stereocenters. The van der Waals surface area contributed by atoms with Gasteiger partial charge in [0.25, 0.3) is 11.5 Å². The van der Waals surface area contributed by atoms with E-state index in [0.717, 1.165) is 0 Å². The van der Waals surface area contributed by atoms with Crippen molar-refractivity contribution in [3.63, 3.8) is 0 Å². The Labute approximate surface area is 110 Å². The summed E-state index contributed by atoms with van der Waals surface area (Å²) in [7, 11) is 0. The highest BCUT2D eigenvalue weighted by Gasteiger charge is 2.15. The molecule has 0 aliphatic heterocycles. The molecule has 5 nitrogen and oxygen atoms in total. The maximum Gasteiger partial charge on any atom is 0.272 e. The third-order valence-electron chi connectivity index (χ3n) is 2.71. The fourth-order valence-corrected chi connectivity index (χ4v) is 1.81. The van der Waals surface area contributed by atoms with Gasteiger partial charge >= 0.3 is 0 Å². The number of amides is 1. The number of aromatic amines is 1. The zero-order chi connectivity index (χ0) is 13.8. The van der Waals surface area contributed by atoms with Gasteiger partial charge in [-0.05, 0) is 13.0 Å². The highest BCUT2D eigenvalue weighted by Crippen LogP contribution is 2.12. The zero-order valence-corrected chi connectivity index (χ0v) is 10.4. The SMILES string of the molecule is C#CCC(C)NC(=O)c1n[nH]c(=O)c2ccccc12. The Morgan fingerprint density at radius 1 is 1.47 bits per heavy atom. The molecule has 2 rings (SSSR count). The predicted octanol–water partition coefficient (Wildman–Crippen LogP) is 1.06. The number of nitrogens with one attached hydrogen (secondary N) is 2. The molecule has 19 heavy (non-hydrogen) atoms. The first-order chi connectivity index (χ1) is 9.13.